The summed E-state index contributed by atoms with van der Waals surface area (Å²) in [7, 11) is 0. The van der Waals surface area contributed by atoms with Crippen molar-refractivity contribution in [3.63, 3.8) is 0 Å². The van der Waals surface area contributed by atoms with Crippen LogP contribution in [0, 0.1) is 6.92 Å². The number of carbonyl (C=O) groups excluding carboxylic acids is 1. The van der Waals surface area contributed by atoms with Crippen LogP contribution in [-0.2, 0) is 4.74 Å². The second-order valence-corrected chi connectivity index (χ2v) is 5.97. The average Bonchev–Trinajstić information content (AvgIpc) is 3.09. The Labute approximate surface area is 147 Å². The third-order valence-electron chi connectivity index (χ3n) is 4.34. The lowest BCUT2D eigenvalue weighted by Gasteiger charge is -2.31. The van der Waals surface area contributed by atoms with Crippen LogP contribution in [0.2, 0.25) is 0 Å². The van der Waals surface area contributed by atoms with Gasteiger partial charge in [-0.25, -0.2) is 9.97 Å². The number of hydrogen-bond acceptors (Lipinski definition) is 6. The van der Waals surface area contributed by atoms with Crippen LogP contribution in [0.5, 0.6) is 0 Å². The van der Waals surface area contributed by atoms with Gasteiger partial charge in [0.25, 0.3) is 5.91 Å². The molecule has 0 aliphatic carbocycles. The molecule has 8 heteroatoms. The van der Waals surface area contributed by atoms with Gasteiger partial charge in [0.15, 0.2) is 5.82 Å². The smallest absolute Gasteiger partial charge is 0.255 e. The van der Waals surface area contributed by atoms with E-state index in [1.54, 1.807) is 11.1 Å². The van der Waals surface area contributed by atoms with Gasteiger partial charge in [-0.05, 0) is 32.9 Å². The number of H-pyrrole nitrogens is 1. The first kappa shape index (κ1) is 17.3. The van der Waals surface area contributed by atoms with Crippen molar-refractivity contribution in [2.45, 2.75) is 26.9 Å². The Kier molecular flexibility index (Phi) is 5.28. The Bertz CT molecular complexity index is 710. The van der Waals surface area contributed by atoms with Crippen molar-refractivity contribution in [2.75, 3.05) is 37.7 Å². The van der Waals surface area contributed by atoms with Crippen LogP contribution in [0.15, 0.2) is 18.3 Å². The zero-order valence-corrected chi connectivity index (χ0v) is 14.9. The number of pyridine rings is 1. The van der Waals surface area contributed by atoms with Gasteiger partial charge in [-0.15, -0.1) is 0 Å². The Morgan fingerprint density at radius 2 is 2.20 bits per heavy atom. The van der Waals surface area contributed by atoms with Crippen molar-refractivity contribution in [2.24, 2.45) is 0 Å². The quantitative estimate of drug-likeness (QED) is 0.886. The number of morpholine rings is 1. The second kappa shape index (κ2) is 7.60. The molecule has 3 rings (SSSR count). The third kappa shape index (κ3) is 3.79. The van der Waals surface area contributed by atoms with Crippen LogP contribution in [0.4, 0.5) is 5.82 Å². The maximum absolute atomic E-state index is 12.8. The van der Waals surface area contributed by atoms with Gasteiger partial charge < -0.3 is 14.5 Å². The molecule has 0 radical (unpaired) electrons. The Balaban J connectivity index is 1.69. The van der Waals surface area contributed by atoms with E-state index in [0.29, 0.717) is 31.1 Å². The molecular formula is C17H24N6O2. The molecule has 0 unspecified atom stereocenters. The number of aromatic amines is 1. The van der Waals surface area contributed by atoms with E-state index in [1.807, 2.05) is 19.1 Å². The maximum Gasteiger partial charge on any atom is 0.255 e. The van der Waals surface area contributed by atoms with Gasteiger partial charge in [0.05, 0.1) is 18.7 Å². The van der Waals surface area contributed by atoms with Crippen LogP contribution >= 0.6 is 0 Å². The SMILES string of the molecule is CCN(CC)c1ccc(C(=O)N2CCO[C@@H](c3n[nH]c(C)n3)C2)cn1. The fourth-order valence-electron chi connectivity index (χ4n) is 2.92. The lowest BCUT2D eigenvalue weighted by Crippen LogP contribution is -2.42. The molecule has 2 aromatic heterocycles. The summed E-state index contributed by atoms with van der Waals surface area (Å²) in [5.41, 5.74) is 0.586. The van der Waals surface area contributed by atoms with E-state index in [-0.39, 0.29) is 12.0 Å². The Morgan fingerprint density at radius 1 is 1.40 bits per heavy atom. The maximum atomic E-state index is 12.8. The van der Waals surface area contributed by atoms with E-state index in [1.165, 1.54) is 0 Å². The second-order valence-electron chi connectivity index (χ2n) is 5.97. The predicted molar refractivity (Wildman–Crippen MR) is 93.5 cm³/mol. The Hall–Kier alpha value is -2.48. The van der Waals surface area contributed by atoms with Gasteiger partial charge in [0.2, 0.25) is 0 Å². The fourth-order valence-corrected chi connectivity index (χ4v) is 2.92. The third-order valence-corrected chi connectivity index (χ3v) is 4.34. The molecule has 1 N–H and O–H groups in total. The first-order valence-corrected chi connectivity index (χ1v) is 8.63. The van der Waals surface area contributed by atoms with E-state index in [9.17, 15) is 4.79 Å². The average molecular weight is 344 g/mol. The first-order valence-electron chi connectivity index (χ1n) is 8.63. The number of nitrogens with zero attached hydrogens (tertiary/aromatic N) is 5. The number of nitrogens with one attached hydrogen (secondary N) is 1. The van der Waals surface area contributed by atoms with Gasteiger partial charge in [-0.1, -0.05) is 0 Å². The predicted octanol–water partition coefficient (Wildman–Crippen LogP) is 1.57. The van der Waals surface area contributed by atoms with Crippen molar-refractivity contribution in [1.82, 2.24) is 25.1 Å². The minimum absolute atomic E-state index is 0.0424. The lowest BCUT2D eigenvalue weighted by molar-refractivity contribution is -0.0266. The highest BCUT2D eigenvalue weighted by atomic mass is 16.5. The van der Waals surface area contributed by atoms with E-state index in [0.717, 1.165) is 24.7 Å². The highest BCUT2D eigenvalue weighted by Gasteiger charge is 2.28. The molecule has 134 valence electrons. The van der Waals surface area contributed by atoms with Crippen molar-refractivity contribution in [3.8, 4) is 0 Å². The van der Waals surface area contributed by atoms with Crippen molar-refractivity contribution < 1.29 is 9.53 Å². The molecular weight excluding hydrogens is 320 g/mol. The number of amides is 1. The number of rotatable bonds is 5. The van der Waals surface area contributed by atoms with E-state index < -0.39 is 0 Å². The van der Waals surface area contributed by atoms with Gasteiger partial charge in [0, 0.05) is 25.8 Å². The molecule has 0 saturated carbocycles. The number of aryl methyl sites for hydroxylation is 1. The molecule has 3 heterocycles. The van der Waals surface area contributed by atoms with Gasteiger partial charge >= 0.3 is 0 Å². The fraction of sp³-hybridized carbons (Fsp3) is 0.529. The number of anilines is 1. The molecule has 0 aromatic carbocycles. The highest BCUT2D eigenvalue weighted by Crippen LogP contribution is 2.21. The van der Waals surface area contributed by atoms with E-state index in [4.69, 9.17) is 4.74 Å². The molecule has 1 atom stereocenters. The van der Waals surface area contributed by atoms with Gasteiger partial charge in [-0.3, -0.25) is 9.89 Å². The zero-order valence-electron chi connectivity index (χ0n) is 14.9. The van der Waals surface area contributed by atoms with Crippen molar-refractivity contribution >= 4 is 11.7 Å². The summed E-state index contributed by atoms with van der Waals surface area (Å²) in [4.78, 5) is 25.4. The summed E-state index contributed by atoms with van der Waals surface area (Å²) >= 11 is 0. The van der Waals surface area contributed by atoms with E-state index >= 15 is 0 Å². The molecule has 1 aliphatic heterocycles. The topological polar surface area (TPSA) is 87.2 Å². The van der Waals surface area contributed by atoms with Gasteiger partial charge in [0.1, 0.15) is 17.7 Å². The lowest BCUT2D eigenvalue weighted by atomic mass is 10.2. The molecule has 8 nitrogen and oxygen atoms in total. The largest absolute Gasteiger partial charge is 0.366 e. The molecule has 1 aliphatic rings. The van der Waals surface area contributed by atoms with Crippen LogP contribution in [0.25, 0.3) is 0 Å². The summed E-state index contributed by atoms with van der Waals surface area (Å²) in [6, 6.07) is 3.74. The number of ether oxygens (including phenoxy) is 1. The molecule has 1 amide bonds. The van der Waals surface area contributed by atoms with Crippen LogP contribution < -0.4 is 4.90 Å². The van der Waals surface area contributed by atoms with Crippen molar-refractivity contribution in [3.05, 3.63) is 35.5 Å². The van der Waals surface area contributed by atoms with Crippen LogP contribution in [0.1, 0.15) is 42.0 Å². The monoisotopic (exact) mass is 344 g/mol. The number of aromatic nitrogens is 4. The number of hydrogen-bond donors (Lipinski definition) is 1. The minimum atomic E-state index is -0.300. The summed E-state index contributed by atoms with van der Waals surface area (Å²) in [6.45, 7) is 9.24. The normalized spacial score (nSPS) is 17.6. The Morgan fingerprint density at radius 3 is 2.80 bits per heavy atom. The molecule has 1 saturated heterocycles. The molecule has 1 fully saturated rings. The minimum Gasteiger partial charge on any atom is -0.366 e. The summed E-state index contributed by atoms with van der Waals surface area (Å²) in [6.07, 6.45) is 1.35. The first-order chi connectivity index (χ1) is 12.1. The highest BCUT2D eigenvalue weighted by molar-refractivity contribution is 5.94. The van der Waals surface area contributed by atoms with Crippen LogP contribution in [0.3, 0.4) is 0 Å². The van der Waals surface area contributed by atoms with Crippen molar-refractivity contribution in [1.29, 1.82) is 0 Å². The number of carbonyl (C=O) groups is 1. The molecule has 2 aromatic rings. The van der Waals surface area contributed by atoms with Crippen LogP contribution in [-0.4, -0.2) is 63.8 Å². The van der Waals surface area contributed by atoms with E-state index in [2.05, 4.69) is 38.9 Å². The van der Waals surface area contributed by atoms with Gasteiger partial charge in [-0.2, -0.15) is 5.10 Å². The summed E-state index contributed by atoms with van der Waals surface area (Å²) in [5.74, 6) is 2.17. The molecule has 0 spiro atoms. The summed E-state index contributed by atoms with van der Waals surface area (Å²) < 4.78 is 5.71. The standard InChI is InChI=1S/C17H24N6O2/c1-4-22(5-2)15-7-6-13(10-18-15)17(24)23-8-9-25-14(11-23)16-19-12(3)20-21-16/h6-7,10,14H,4-5,8-9,11H2,1-3H3,(H,19,20,21)/t14-/m1/s1. The molecule has 0 bridgehead atoms. The molecule has 25 heavy (non-hydrogen) atoms. The zero-order chi connectivity index (χ0) is 17.8. The summed E-state index contributed by atoms with van der Waals surface area (Å²) in [5, 5.41) is 6.95.